The third kappa shape index (κ3) is 4.94. The summed E-state index contributed by atoms with van der Waals surface area (Å²) in [6.45, 7) is 0.755. The summed E-state index contributed by atoms with van der Waals surface area (Å²) in [7, 11) is -4.04. The summed E-state index contributed by atoms with van der Waals surface area (Å²) >= 11 is 0. The van der Waals surface area contributed by atoms with E-state index in [1.807, 2.05) is 0 Å². The van der Waals surface area contributed by atoms with Gasteiger partial charge in [0.1, 0.15) is 5.75 Å². The predicted molar refractivity (Wildman–Crippen MR) is 128 cm³/mol. The Kier molecular flexibility index (Phi) is 7.50. The van der Waals surface area contributed by atoms with Crippen molar-refractivity contribution in [3.63, 3.8) is 0 Å². The molecule has 1 amide bonds. The Morgan fingerprint density at radius 1 is 1.12 bits per heavy atom. The average Bonchev–Trinajstić information content (AvgIpc) is 3.42. The zero-order valence-electron chi connectivity index (χ0n) is 18.9. The molecule has 8 heteroatoms. The minimum Gasteiger partial charge on any atom is -0.494 e. The van der Waals surface area contributed by atoms with E-state index < -0.39 is 20.5 Å². The molecule has 2 N–H and O–H groups in total. The van der Waals surface area contributed by atoms with Crippen molar-refractivity contribution in [3.8, 4) is 5.75 Å². The number of amides is 1. The topological polar surface area (TPSA) is 102 Å². The summed E-state index contributed by atoms with van der Waals surface area (Å²) in [6.07, 6.45) is 9.00. The maximum absolute atomic E-state index is 13.3. The smallest absolute Gasteiger partial charge is 0.265 e. The highest BCUT2D eigenvalue weighted by Crippen LogP contribution is 2.35. The first-order valence-electron chi connectivity index (χ1n) is 11.4. The van der Waals surface area contributed by atoms with Crippen LogP contribution < -0.4 is 10.2 Å². The number of sulfone groups is 1. The van der Waals surface area contributed by atoms with E-state index in [-0.39, 0.29) is 31.0 Å². The molecule has 0 spiro atoms. The Bertz CT molecular complexity index is 1180. The van der Waals surface area contributed by atoms with E-state index in [9.17, 15) is 13.2 Å². The quantitative estimate of drug-likeness (QED) is 0.319. The molecule has 2 aromatic carbocycles. The van der Waals surface area contributed by atoms with Gasteiger partial charge in [0.2, 0.25) is 0 Å². The summed E-state index contributed by atoms with van der Waals surface area (Å²) < 4.78 is 35.9. The summed E-state index contributed by atoms with van der Waals surface area (Å²) in [4.78, 5) is 12.3. The van der Waals surface area contributed by atoms with Crippen LogP contribution in [0.15, 0.2) is 71.7 Å². The van der Waals surface area contributed by atoms with Crippen molar-refractivity contribution in [1.29, 1.82) is 0 Å². The SMILES string of the molecule is O=C(NO)C1(S(=O)(=O)c2ccc(OCCCc3cccc(C4=CC=CC4)c3)cc2)CCOCC1. The number of nitrogens with one attached hydrogen (secondary N) is 1. The largest absolute Gasteiger partial charge is 0.494 e. The number of ether oxygens (including phenoxy) is 2. The molecule has 0 saturated carbocycles. The maximum atomic E-state index is 13.3. The van der Waals surface area contributed by atoms with E-state index in [2.05, 4.69) is 42.5 Å². The molecule has 0 unspecified atom stereocenters. The molecule has 0 aromatic heterocycles. The molecule has 7 nitrogen and oxygen atoms in total. The minimum atomic E-state index is -4.04. The molecule has 4 rings (SSSR count). The number of allylic oxidation sites excluding steroid dienone is 4. The molecule has 0 bridgehead atoms. The molecule has 180 valence electrons. The van der Waals surface area contributed by atoms with Gasteiger partial charge < -0.3 is 9.47 Å². The molecule has 1 fully saturated rings. The highest BCUT2D eigenvalue weighted by Gasteiger charge is 2.52. The lowest BCUT2D eigenvalue weighted by Gasteiger charge is -2.34. The number of aryl methyl sites for hydroxylation is 1. The van der Waals surface area contributed by atoms with Gasteiger partial charge in [-0.15, -0.1) is 0 Å². The standard InChI is InChI=1S/C26H29NO6S/c28-25(27-29)26(14-17-32-18-15-26)34(30,31)24-12-10-23(11-13-24)33-16-4-6-20-5-3-9-22(19-20)21-7-1-2-8-21/h1-3,5,7,9-13,19,29H,4,6,8,14-18H2,(H,27,28). The molecule has 1 aliphatic heterocycles. The van der Waals surface area contributed by atoms with Crippen molar-refractivity contribution in [2.75, 3.05) is 19.8 Å². The van der Waals surface area contributed by atoms with Crippen LogP contribution in [-0.2, 0) is 25.8 Å². The molecule has 1 heterocycles. The van der Waals surface area contributed by atoms with E-state index in [1.165, 1.54) is 34.3 Å². The average molecular weight is 484 g/mol. The maximum Gasteiger partial charge on any atom is 0.265 e. The molecular formula is C26H29NO6S. The van der Waals surface area contributed by atoms with Gasteiger partial charge in [0, 0.05) is 13.2 Å². The first kappa shape index (κ1) is 24.2. The van der Waals surface area contributed by atoms with E-state index in [0.29, 0.717) is 12.4 Å². The molecule has 0 atom stereocenters. The van der Waals surface area contributed by atoms with Gasteiger partial charge in [-0.2, -0.15) is 0 Å². The van der Waals surface area contributed by atoms with Crippen LogP contribution >= 0.6 is 0 Å². The van der Waals surface area contributed by atoms with Gasteiger partial charge in [-0.1, -0.05) is 42.5 Å². The highest BCUT2D eigenvalue weighted by atomic mass is 32.2. The third-order valence-corrected chi connectivity index (χ3v) is 8.93. The molecule has 1 aliphatic carbocycles. The molecule has 1 saturated heterocycles. The van der Waals surface area contributed by atoms with E-state index in [4.69, 9.17) is 14.7 Å². The number of hydrogen-bond donors (Lipinski definition) is 2. The fraction of sp³-hybridized carbons (Fsp3) is 0.346. The van der Waals surface area contributed by atoms with Crippen LogP contribution in [0.25, 0.3) is 5.57 Å². The Hall–Kier alpha value is -2.94. The Labute approximate surface area is 200 Å². The summed E-state index contributed by atoms with van der Waals surface area (Å²) in [5.41, 5.74) is 5.35. The second-order valence-electron chi connectivity index (χ2n) is 8.50. The number of carbonyl (C=O) groups is 1. The van der Waals surface area contributed by atoms with Gasteiger partial charge in [-0.05, 0) is 73.1 Å². The van der Waals surface area contributed by atoms with Crippen molar-refractivity contribution < 1.29 is 27.9 Å². The molecular weight excluding hydrogens is 454 g/mol. The van der Waals surface area contributed by atoms with E-state index >= 15 is 0 Å². The highest BCUT2D eigenvalue weighted by molar-refractivity contribution is 7.93. The Balaban J connectivity index is 1.35. The fourth-order valence-electron chi connectivity index (χ4n) is 4.42. The number of rotatable bonds is 9. The lowest BCUT2D eigenvalue weighted by Crippen LogP contribution is -2.54. The van der Waals surface area contributed by atoms with Gasteiger partial charge in [-0.25, -0.2) is 13.9 Å². The second kappa shape index (κ2) is 10.5. The van der Waals surface area contributed by atoms with Crippen LogP contribution in [-0.4, -0.2) is 44.1 Å². The second-order valence-corrected chi connectivity index (χ2v) is 10.8. The van der Waals surface area contributed by atoms with Crippen molar-refractivity contribution in [2.45, 2.75) is 41.7 Å². The lowest BCUT2D eigenvalue weighted by atomic mass is 9.98. The first-order valence-corrected chi connectivity index (χ1v) is 12.9. The van der Waals surface area contributed by atoms with Crippen molar-refractivity contribution in [2.24, 2.45) is 0 Å². The zero-order chi connectivity index (χ0) is 24.0. The van der Waals surface area contributed by atoms with Crippen molar-refractivity contribution in [1.82, 2.24) is 5.48 Å². The molecule has 2 aliphatic rings. The lowest BCUT2D eigenvalue weighted by molar-refractivity contribution is -0.134. The van der Waals surface area contributed by atoms with Crippen LogP contribution in [0.1, 0.15) is 36.8 Å². The molecule has 34 heavy (non-hydrogen) atoms. The van der Waals surface area contributed by atoms with E-state index in [1.54, 1.807) is 12.1 Å². The van der Waals surface area contributed by atoms with Crippen LogP contribution in [0.3, 0.4) is 0 Å². The molecule has 2 aromatic rings. The monoisotopic (exact) mass is 483 g/mol. The summed E-state index contributed by atoms with van der Waals surface area (Å²) in [5, 5.41) is 9.15. The van der Waals surface area contributed by atoms with Crippen molar-refractivity contribution >= 4 is 21.3 Å². The van der Waals surface area contributed by atoms with Gasteiger partial charge in [-0.3, -0.25) is 10.0 Å². The van der Waals surface area contributed by atoms with Crippen LogP contribution in [0.2, 0.25) is 0 Å². The van der Waals surface area contributed by atoms with Gasteiger partial charge in [0.05, 0.1) is 11.5 Å². The number of hydrogen-bond acceptors (Lipinski definition) is 6. The summed E-state index contributed by atoms with van der Waals surface area (Å²) in [6, 6.07) is 14.6. The van der Waals surface area contributed by atoms with Gasteiger partial charge >= 0.3 is 0 Å². The van der Waals surface area contributed by atoms with Crippen molar-refractivity contribution in [3.05, 3.63) is 77.9 Å². The normalized spacial score (nSPS) is 17.3. The first-order chi connectivity index (χ1) is 16.5. The van der Waals surface area contributed by atoms with E-state index in [0.717, 1.165) is 19.3 Å². The third-order valence-electron chi connectivity index (χ3n) is 6.41. The summed E-state index contributed by atoms with van der Waals surface area (Å²) in [5.74, 6) is -0.372. The number of hydroxylamine groups is 1. The van der Waals surface area contributed by atoms with Crippen LogP contribution in [0.5, 0.6) is 5.75 Å². The molecule has 0 radical (unpaired) electrons. The Morgan fingerprint density at radius 3 is 2.56 bits per heavy atom. The van der Waals surface area contributed by atoms with Crippen LogP contribution in [0, 0.1) is 0 Å². The zero-order valence-corrected chi connectivity index (χ0v) is 19.7. The van der Waals surface area contributed by atoms with Crippen LogP contribution in [0.4, 0.5) is 0 Å². The fourth-order valence-corrected chi connectivity index (χ4v) is 6.36. The minimum absolute atomic E-state index is 0.0119. The number of carbonyl (C=O) groups excluding carboxylic acids is 1. The van der Waals surface area contributed by atoms with Gasteiger partial charge in [0.25, 0.3) is 5.91 Å². The predicted octanol–water partition coefficient (Wildman–Crippen LogP) is 3.87. The Morgan fingerprint density at radius 2 is 1.88 bits per heavy atom. The number of benzene rings is 2. The van der Waals surface area contributed by atoms with Gasteiger partial charge in [0.15, 0.2) is 14.6 Å².